The summed E-state index contributed by atoms with van der Waals surface area (Å²) in [6.07, 6.45) is 0. The van der Waals surface area contributed by atoms with Gasteiger partial charge in [0.2, 0.25) is 11.8 Å². The molecule has 1 N–H and O–H groups in total. The lowest BCUT2D eigenvalue weighted by atomic mass is 9.85. The first-order valence-electron chi connectivity index (χ1n) is 6.08. The van der Waals surface area contributed by atoms with Crippen LogP contribution in [0.5, 0.6) is 0 Å². The van der Waals surface area contributed by atoms with E-state index in [4.69, 9.17) is 0 Å². The van der Waals surface area contributed by atoms with Gasteiger partial charge in [-0.15, -0.1) is 10.2 Å². The van der Waals surface area contributed by atoms with Gasteiger partial charge >= 0.3 is 0 Å². The number of nitrogens with zero attached hydrogens (tertiary/aromatic N) is 5. The molecule has 2 rings (SSSR count). The molecule has 1 unspecified atom stereocenters. The van der Waals surface area contributed by atoms with E-state index in [0.29, 0.717) is 5.82 Å². The van der Waals surface area contributed by atoms with Crippen LogP contribution in [0, 0.1) is 5.41 Å². The van der Waals surface area contributed by atoms with Crippen molar-refractivity contribution >= 4 is 11.8 Å². The summed E-state index contributed by atoms with van der Waals surface area (Å²) in [7, 11) is 1.65. The zero-order valence-corrected chi connectivity index (χ0v) is 11.5. The van der Waals surface area contributed by atoms with E-state index in [-0.39, 0.29) is 30.3 Å². The first kappa shape index (κ1) is 13.4. The van der Waals surface area contributed by atoms with E-state index in [2.05, 4.69) is 20.7 Å². The fraction of sp³-hybridized carbons (Fsp3) is 0.727. The van der Waals surface area contributed by atoms with E-state index in [1.807, 2.05) is 20.8 Å². The van der Waals surface area contributed by atoms with Crippen LogP contribution in [-0.2, 0) is 23.2 Å². The number of rotatable bonds is 2. The van der Waals surface area contributed by atoms with Gasteiger partial charge in [-0.1, -0.05) is 20.8 Å². The van der Waals surface area contributed by atoms with Gasteiger partial charge in [-0.25, -0.2) is 0 Å². The molecular formula is C11H18N6O2. The second kappa shape index (κ2) is 4.60. The SMILES string of the molecule is Cn1nnc(CN2CC(=O)NC(C(C)(C)C)C2=O)n1. The van der Waals surface area contributed by atoms with Gasteiger partial charge in [0.1, 0.15) is 12.6 Å². The predicted molar refractivity (Wildman–Crippen MR) is 65.6 cm³/mol. The average Bonchev–Trinajstić information content (AvgIpc) is 2.67. The smallest absolute Gasteiger partial charge is 0.246 e. The van der Waals surface area contributed by atoms with Crippen LogP contribution in [0.15, 0.2) is 0 Å². The molecule has 2 amide bonds. The highest BCUT2D eigenvalue weighted by atomic mass is 16.2. The van der Waals surface area contributed by atoms with Crippen molar-refractivity contribution in [3.63, 3.8) is 0 Å². The number of nitrogens with one attached hydrogen (secondary N) is 1. The van der Waals surface area contributed by atoms with Gasteiger partial charge in [0.05, 0.1) is 13.6 Å². The first-order valence-corrected chi connectivity index (χ1v) is 6.08. The van der Waals surface area contributed by atoms with Crippen LogP contribution in [-0.4, -0.2) is 49.5 Å². The Balaban J connectivity index is 2.16. The minimum absolute atomic E-state index is 0.0314. The molecule has 1 aromatic rings. The van der Waals surface area contributed by atoms with Crippen LogP contribution in [0.4, 0.5) is 0 Å². The van der Waals surface area contributed by atoms with Gasteiger partial charge in [0.25, 0.3) is 0 Å². The van der Waals surface area contributed by atoms with Crippen LogP contribution in [0.25, 0.3) is 0 Å². The normalized spacial score (nSPS) is 20.6. The summed E-state index contributed by atoms with van der Waals surface area (Å²) in [6.45, 7) is 5.98. The molecule has 8 nitrogen and oxygen atoms in total. The Morgan fingerprint density at radius 1 is 1.37 bits per heavy atom. The molecule has 0 bridgehead atoms. The largest absolute Gasteiger partial charge is 0.342 e. The Kier molecular flexibility index (Phi) is 3.25. The second-order valence-corrected chi connectivity index (χ2v) is 5.76. The predicted octanol–water partition coefficient (Wildman–Crippen LogP) is -0.917. The lowest BCUT2D eigenvalue weighted by molar-refractivity contribution is -0.148. The van der Waals surface area contributed by atoms with Gasteiger partial charge in [0.15, 0.2) is 5.82 Å². The number of piperazine rings is 1. The number of carbonyl (C=O) groups excluding carboxylic acids is 2. The second-order valence-electron chi connectivity index (χ2n) is 5.76. The monoisotopic (exact) mass is 266 g/mol. The first-order chi connectivity index (χ1) is 8.77. The summed E-state index contributed by atoms with van der Waals surface area (Å²) in [5.41, 5.74) is -0.332. The molecule has 8 heteroatoms. The van der Waals surface area contributed by atoms with Crippen molar-refractivity contribution in [3.8, 4) is 0 Å². The number of hydrogen-bond donors (Lipinski definition) is 1. The quantitative estimate of drug-likeness (QED) is 0.747. The summed E-state index contributed by atoms with van der Waals surface area (Å²) < 4.78 is 0. The topological polar surface area (TPSA) is 93.0 Å². The summed E-state index contributed by atoms with van der Waals surface area (Å²) in [4.78, 5) is 26.9. The van der Waals surface area contributed by atoms with E-state index in [9.17, 15) is 9.59 Å². The zero-order chi connectivity index (χ0) is 14.2. The van der Waals surface area contributed by atoms with Crippen LogP contribution < -0.4 is 5.32 Å². The number of aryl methyl sites for hydroxylation is 1. The highest BCUT2D eigenvalue weighted by molar-refractivity contribution is 5.95. The Labute approximate surface area is 111 Å². The molecular weight excluding hydrogens is 248 g/mol. The van der Waals surface area contributed by atoms with E-state index < -0.39 is 6.04 Å². The Hall–Kier alpha value is -1.99. The number of amides is 2. The minimum atomic E-state index is -0.523. The molecule has 0 saturated carbocycles. The molecule has 1 fully saturated rings. The maximum Gasteiger partial charge on any atom is 0.246 e. The third-order valence-corrected chi connectivity index (χ3v) is 2.95. The van der Waals surface area contributed by atoms with Crippen molar-refractivity contribution in [1.29, 1.82) is 0 Å². The Bertz CT molecular complexity index is 504. The zero-order valence-electron chi connectivity index (χ0n) is 11.5. The summed E-state index contributed by atoms with van der Waals surface area (Å²) >= 11 is 0. The van der Waals surface area contributed by atoms with E-state index in [1.54, 1.807) is 7.05 Å². The standard InChI is InChI=1S/C11H18N6O2/c1-11(2,3)9-10(19)17(6-8(18)12-9)5-7-13-15-16(4)14-7/h9H,5-6H2,1-4H3,(H,12,18). The lowest BCUT2D eigenvalue weighted by Gasteiger charge is -2.38. The highest BCUT2D eigenvalue weighted by Gasteiger charge is 2.40. The fourth-order valence-electron chi connectivity index (χ4n) is 1.98. The molecule has 1 atom stereocenters. The van der Waals surface area contributed by atoms with Crippen LogP contribution in [0.3, 0.4) is 0 Å². The molecule has 1 saturated heterocycles. The lowest BCUT2D eigenvalue weighted by Crippen LogP contribution is -2.61. The molecule has 1 aliphatic heterocycles. The summed E-state index contributed by atoms with van der Waals surface area (Å²) in [5, 5.41) is 14.3. The highest BCUT2D eigenvalue weighted by Crippen LogP contribution is 2.23. The van der Waals surface area contributed by atoms with E-state index in [0.717, 1.165) is 0 Å². The summed E-state index contributed by atoms with van der Waals surface area (Å²) in [6, 6.07) is -0.523. The molecule has 0 aromatic carbocycles. The van der Waals surface area contributed by atoms with E-state index in [1.165, 1.54) is 9.70 Å². The van der Waals surface area contributed by atoms with E-state index >= 15 is 0 Å². The maximum atomic E-state index is 12.4. The Morgan fingerprint density at radius 2 is 2.05 bits per heavy atom. The van der Waals surface area contributed by atoms with Crippen molar-refractivity contribution in [2.75, 3.05) is 6.54 Å². The van der Waals surface area contributed by atoms with Crippen LogP contribution in [0.2, 0.25) is 0 Å². The van der Waals surface area contributed by atoms with Crippen molar-refractivity contribution in [1.82, 2.24) is 30.4 Å². The average molecular weight is 266 g/mol. The fourth-order valence-corrected chi connectivity index (χ4v) is 1.98. The minimum Gasteiger partial charge on any atom is -0.342 e. The number of tetrazole rings is 1. The molecule has 19 heavy (non-hydrogen) atoms. The molecule has 0 radical (unpaired) electrons. The summed E-state index contributed by atoms with van der Waals surface area (Å²) in [5.74, 6) is 0.154. The van der Waals surface area contributed by atoms with Crippen molar-refractivity contribution in [2.24, 2.45) is 12.5 Å². The molecule has 1 aliphatic rings. The number of aromatic nitrogens is 4. The molecule has 104 valence electrons. The van der Waals surface area contributed by atoms with Crippen molar-refractivity contribution in [3.05, 3.63) is 5.82 Å². The Morgan fingerprint density at radius 3 is 2.58 bits per heavy atom. The van der Waals surface area contributed by atoms with Crippen LogP contribution >= 0.6 is 0 Å². The molecule has 2 heterocycles. The van der Waals surface area contributed by atoms with Gasteiger partial charge in [-0.05, 0) is 10.6 Å². The van der Waals surface area contributed by atoms with Crippen LogP contribution in [0.1, 0.15) is 26.6 Å². The number of carbonyl (C=O) groups is 2. The maximum absolute atomic E-state index is 12.4. The third-order valence-electron chi connectivity index (χ3n) is 2.95. The molecule has 1 aromatic heterocycles. The molecule has 0 spiro atoms. The van der Waals surface area contributed by atoms with Gasteiger partial charge in [-0.2, -0.15) is 4.80 Å². The number of hydrogen-bond acceptors (Lipinski definition) is 5. The molecule has 0 aliphatic carbocycles. The van der Waals surface area contributed by atoms with Gasteiger partial charge in [-0.3, -0.25) is 9.59 Å². The van der Waals surface area contributed by atoms with Crippen molar-refractivity contribution in [2.45, 2.75) is 33.4 Å². The van der Waals surface area contributed by atoms with Crippen molar-refractivity contribution < 1.29 is 9.59 Å². The van der Waals surface area contributed by atoms with Gasteiger partial charge < -0.3 is 10.2 Å². The van der Waals surface area contributed by atoms with Gasteiger partial charge in [0, 0.05) is 0 Å². The third kappa shape index (κ3) is 2.88.